The number of benzene rings is 1. The lowest BCUT2D eigenvalue weighted by Gasteiger charge is -2.14. The molecule has 0 aliphatic heterocycles. The first kappa shape index (κ1) is 18.3. The van der Waals surface area contributed by atoms with Crippen LogP contribution in [-0.4, -0.2) is 29.5 Å². The molecule has 0 saturated carbocycles. The monoisotopic (exact) mass is 317 g/mol. The van der Waals surface area contributed by atoms with E-state index in [1.807, 2.05) is 0 Å². The zero-order chi connectivity index (χ0) is 16.6. The Morgan fingerprint density at radius 1 is 1.23 bits per heavy atom. The van der Waals surface area contributed by atoms with Crippen LogP contribution in [0.5, 0.6) is 5.75 Å². The minimum atomic E-state index is -4.63. The number of nitrogens with zero attached hydrogens (tertiary/aromatic N) is 1. The summed E-state index contributed by atoms with van der Waals surface area (Å²) in [5.74, 6) is -0.0410. The highest BCUT2D eigenvalue weighted by Crippen LogP contribution is 2.34. The zero-order valence-corrected chi connectivity index (χ0v) is 11.9. The van der Waals surface area contributed by atoms with Crippen LogP contribution in [0.2, 0.25) is 0 Å². The van der Waals surface area contributed by atoms with Gasteiger partial charge in [-0.1, -0.05) is 12.8 Å². The van der Waals surface area contributed by atoms with E-state index >= 15 is 0 Å². The topological polar surface area (TPSA) is 73.5 Å². The third-order valence-electron chi connectivity index (χ3n) is 3.05. The Kier molecular flexibility index (Phi) is 7.15. The van der Waals surface area contributed by atoms with Crippen LogP contribution in [0.15, 0.2) is 18.2 Å². The molecule has 0 heterocycles. The minimum absolute atomic E-state index is 0.0410. The number of ether oxygens (including phenoxy) is 1. The molecule has 0 aliphatic carbocycles. The average molecular weight is 317 g/mol. The number of hydrogen-bond donors (Lipinski definition) is 2. The Labute approximate surface area is 126 Å². The van der Waals surface area contributed by atoms with E-state index in [1.165, 1.54) is 12.1 Å². The number of aliphatic hydroxyl groups is 2. The first-order valence-electron chi connectivity index (χ1n) is 6.91. The smallest absolute Gasteiger partial charge is 0.417 e. The Hall–Kier alpha value is -1.78. The van der Waals surface area contributed by atoms with Gasteiger partial charge >= 0.3 is 6.18 Å². The summed E-state index contributed by atoms with van der Waals surface area (Å²) in [6.07, 6.45) is -2.85. The number of hydrogen-bond acceptors (Lipinski definition) is 4. The second kappa shape index (κ2) is 8.61. The molecule has 0 saturated heterocycles. The van der Waals surface area contributed by atoms with Gasteiger partial charge in [-0.15, -0.1) is 0 Å². The maximum absolute atomic E-state index is 12.8. The van der Waals surface area contributed by atoms with Gasteiger partial charge in [-0.2, -0.15) is 18.4 Å². The van der Waals surface area contributed by atoms with Crippen molar-refractivity contribution in [1.29, 1.82) is 5.26 Å². The molecular formula is C15H18F3NO3. The molecule has 4 nitrogen and oxygen atoms in total. The molecule has 1 unspecified atom stereocenters. The lowest BCUT2D eigenvalue weighted by Crippen LogP contribution is -2.18. The highest BCUT2D eigenvalue weighted by Gasteiger charge is 2.34. The molecule has 1 atom stereocenters. The van der Waals surface area contributed by atoms with Gasteiger partial charge < -0.3 is 14.9 Å². The maximum Gasteiger partial charge on any atom is 0.417 e. The molecule has 2 N–H and O–H groups in total. The standard InChI is InChI=1S/C15H18F3NO3/c16-15(17,18)14-8-13(6-5-11(14)9-19)22-10-12(21)4-2-1-3-7-20/h5-6,8,12,20-21H,1-4,7,10H2. The van der Waals surface area contributed by atoms with E-state index in [2.05, 4.69) is 0 Å². The van der Waals surface area contributed by atoms with Gasteiger partial charge in [0.25, 0.3) is 0 Å². The summed E-state index contributed by atoms with van der Waals surface area (Å²) < 4.78 is 43.5. The van der Waals surface area contributed by atoms with E-state index in [4.69, 9.17) is 15.1 Å². The quantitative estimate of drug-likeness (QED) is 0.723. The zero-order valence-electron chi connectivity index (χ0n) is 11.9. The third kappa shape index (κ3) is 5.92. The summed E-state index contributed by atoms with van der Waals surface area (Å²) >= 11 is 0. The summed E-state index contributed by atoms with van der Waals surface area (Å²) in [4.78, 5) is 0. The van der Waals surface area contributed by atoms with Gasteiger partial charge in [0.15, 0.2) is 0 Å². The normalized spacial score (nSPS) is 12.7. The van der Waals surface area contributed by atoms with Crippen LogP contribution < -0.4 is 4.74 Å². The molecule has 0 fully saturated rings. The van der Waals surface area contributed by atoms with Crippen molar-refractivity contribution in [2.24, 2.45) is 0 Å². The third-order valence-corrected chi connectivity index (χ3v) is 3.05. The van der Waals surface area contributed by atoms with Crippen molar-refractivity contribution >= 4 is 0 Å². The molecular weight excluding hydrogens is 299 g/mol. The van der Waals surface area contributed by atoms with Crippen LogP contribution in [0.3, 0.4) is 0 Å². The summed E-state index contributed by atoms with van der Waals surface area (Å²) in [5, 5.41) is 27.0. The van der Waals surface area contributed by atoms with Gasteiger partial charge in [-0.3, -0.25) is 0 Å². The van der Waals surface area contributed by atoms with Crippen LogP contribution in [0, 0.1) is 11.3 Å². The predicted molar refractivity (Wildman–Crippen MR) is 73.2 cm³/mol. The van der Waals surface area contributed by atoms with Crippen molar-refractivity contribution < 1.29 is 28.1 Å². The number of aliphatic hydroxyl groups excluding tert-OH is 2. The summed E-state index contributed by atoms with van der Waals surface area (Å²) in [5.41, 5.74) is -1.52. The van der Waals surface area contributed by atoms with Crippen molar-refractivity contribution in [2.75, 3.05) is 13.2 Å². The Morgan fingerprint density at radius 3 is 2.55 bits per heavy atom. The van der Waals surface area contributed by atoms with Crippen LogP contribution in [0.1, 0.15) is 36.8 Å². The number of unbranched alkanes of at least 4 members (excludes halogenated alkanes) is 2. The molecule has 0 bridgehead atoms. The summed E-state index contributed by atoms with van der Waals surface area (Å²) in [7, 11) is 0. The van der Waals surface area contributed by atoms with E-state index in [0.717, 1.165) is 18.6 Å². The molecule has 0 spiro atoms. The molecule has 1 aromatic carbocycles. The minimum Gasteiger partial charge on any atom is -0.491 e. The number of alkyl halides is 3. The van der Waals surface area contributed by atoms with Crippen molar-refractivity contribution in [3.63, 3.8) is 0 Å². The van der Waals surface area contributed by atoms with Gasteiger partial charge in [0, 0.05) is 6.61 Å². The molecule has 0 radical (unpaired) electrons. The van der Waals surface area contributed by atoms with E-state index in [0.29, 0.717) is 19.3 Å². The van der Waals surface area contributed by atoms with Gasteiger partial charge in [0.05, 0.1) is 23.3 Å². The second-order valence-corrected chi connectivity index (χ2v) is 4.85. The molecule has 0 amide bonds. The Bertz CT molecular complexity index is 512. The van der Waals surface area contributed by atoms with Gasteiger partial charge in [0.1, 0.15) is 12.4 Å². The number of nitriles is 1. The predicted octanol–water partition coefficient (Wildman–Crippen LogP) is 2.87. The van der Waals surface area contributed by atoms with E-state index in [1.54, 1.807) is 0 Å². The van der Waals surface area contributed by atoms with Crippen molar-refractivity contribution in [1.82, 2.24) is 0 Å². The van der Waals surface area contributed by atoms with Crippen LogP contribution >= 0.6 is 0 Å². The fourth-order valence-electron chi connectivity index (χ4n) is 1.89. The highest BCUT2D eigenvalue weighted by atomic mass is 19.4. The van der Waals surface area contributed by atoms with Crippen molar-refractivity contribution in [3.8, 4) is 11.8 Å². The number of halogens is 3. The Balaban J connectivity index is 2.58. The lowest BCUT2D eigenvalue weighted by molar-refractivity contribution is -0.137. The fraction of sp³-hybridized carbons (Fsp3) is 0.533. The van der Waals surface area contributed by atoms with Crippen LogP contribution in [-0.2, 0) is 6.18 Å². The molecule has 1 rings (SSSR count). The molecule has 0 aliphatic rings. The Morgan fingerprint density at radius 2 is 1.95 bits per heavy atom. The average Bonchev–Trinajstić information content (AvgIpc) is 2.48. The highest BCUT2D eigenvalue weighted by molar-refractivity contribution is 5.44. The van der Waals surface area contributed by atoms with Crippen molar-refractivity contribution in [2.45, 2.75) is 38.0 Å². The summed E-state index contributed by atoms with van der Waals surface area (Å²) in [6.45, 7) is -0.0274. The van der Waals surface area contributed by atoms with E-state index < -0.39 is 23.4 Å². The summed E-state index contributed by atoms with van der Waals surface area (Å²) in [6, 6.07) is 4.57. The molecule has 1 aromatic rings. The molecule has 22 heavy (non-hydrogen) atoms. The second-order valence-electron chi connectivity index (χ2n) is 4.85. The lowest BCUT2D eigenvalue weighted by atomic mass is 10.1. The first-order valence-corrected chi connectivity index (χ1v) is 6.91. The van der Waals surface area contributed by atoms with E-state index in [9.17, 15) is 18.3 Å². The van der Waals surface area contributed by atoms with Gasteiger partial charge in [-0.05, 0) is 31.0 Å². The molecule has 0 aromatic heterocycles. The van der Waals surface area contributed by atoms with Gasteiger partial charge in [0.2, 0.25) is 0 Å². The fourth-order valence-corrected chi connectivity index (χ4v) is 1.89. The largest absolute Gasteiger partial charge is 0.491 e. The molecule has 7 heteroatoms. The van der Waals surface area contributed by atoms with Crippen LogP contribution in [0.4, 0.5) is 13.2 Å². The van der Waals surface area contributed by atoms with E-state index in [-0.39, 0.29) is 19.0 Å². The number of rotatable bonds is 8. The SMILES string of the molecule is N#Cc1ccc(OCC(O)CCCCCO)cc1C(F)(F)F. The van der Waals surface area contributed by atoms with Crippen molar-refractivity contribution in [3.05, 3.63) is 29.3 Å². The maximum atomic E-state index is 12.8. The van der Waals surface area contributed by atoms with Gasteiger partial charge in [-0.25, -0.2) is 0 Å². The first-order chi connectivity index (χ1) is 10.4. The molecule has 122 valence electrons. The van der Waals surface area contributed by atoms with Crippen LogP contribution in [0.25, 0.3) is 0 Å².